The van der Waals surface area contributed by atoms with Crippen LogP contribution in [0.3, 0.4) is 0 Å². The van der Waals surface area contributed by atoms with Gasteiger partial charge in [-0.15, -0.1) is 0 Å². The van der Waals surface area contributed by atoms with Gasteiger partial charge in [-0.2, -0.15) is 0 Å². The van der Waals surface area contributed by atoms with Crippen LogP contribution in [-0.4, -0.2) is 69.6 Å². The second kappa shape index (κ2) is 35.2. The van der Waals surface area contributed by atoms with Crippen LogP contribution in [0, 0.1) is 0 Å². The van der Waals surface area contributed by atoms with Gasteiger partial charge in [-0.25, -0.2) is 19.6 Å². The Labute approximate surface area is 263 Å². The minimum absolute atomic E-state index is 0.339. The Morgan fingerprint density at radius 2 is 0.643 bits per heavy atom. The van der Waals surface area contributed by atoms with Crippen molar-refractivity contribution in [3.63, 3.8) is 0 Å². The van der Waals surface area contributed by atoms with Gasteiger partial charge in [-0.3, -0.25) is 9.80 Å². The van der Waals surface area contributed by atoms with E-state index in [0.29, 0.717) is 19.4 Å². The molecule has 0 spiro atoms. The largest absolute Gasteiger partial charge is 0.288 e. The van der Waals surface area contributed by atoms with E-state index in [2.05, 4.69) is 30.6 Å². The van der Waals surface area contributed by atoms with Crippen molar-refractivity contribution in [2.24, 2.45) is 0 Å². The molecule has 0 fully saturated rings. The highest BCUT2D eigenvalue weighted by atomic mass is 17.2. The molecule has 0 amide bonds. The minimum Gasteiger partial charge on any atom is -0.288 e. The van der Waals surface area contributed by atoms with E-state index in [1.807, 2.05) is 0 Å². The summed E-state index contributed by atoms with van der Waals surface area (Å²) in [6.45, 7) is 12.0. The molecule has 0 radical (unpaired) electrons. The van der Waals surface area contributed by atoms with E-state index in [-0.39, 0.29) is 0 Å². The summed E-state index contributed by atoms with van der Waals surface area (Å²) in [5.74, 6) is 0. The summed E-state index contributed by atoms with van der Waals surface area (Å²) >= 11 is 0. The molecule has 0 saturated heterocycles. The normalized spacial score (nSPS) is 12.6. The summed E-state index contributed by atoms with van der Waals surface area (Å²) in [6.07, 6.45) is 33.8. The second-order valence-electron chi connectivity index (χ2n) is 12.5. The zero-order valence-corrected chi connectivity index (χ0v) is 29.3. The third-order valence-electron chi connectivity index (χ3n) is 8.81. The molecule has 0 heterocycles. The van der Waals surface area contributed by atoms with Crippen LogP contribution in [0.15, 0.2) is 0 Å². The molecule has 0 rings (SSSR count). The van der Waals surface area contributed by atoms with E-state index >= 15 is 0 Å². The Hall–Kier alpha value is -0.240. The Morgan fingerprint density at radius 3 is 0.929 bits per heavy atom. The smallest absolute Gasteiger partial charge is 0.0949 e. The molecule has 0 aromatic rings. The molecule has 0 saturated carbocycles. The molecule has 254 valence electrons. The first-order valence-corrected chi connectivity index (χ1v) is 18.5. The number of hydrogen-bond acceptors (Lipinski definition) is 6. The summed E-state index contributed by atoms with van der Waals surface area (Å²) in [5, 5.41) is 0. The van der Waals surface area contributed by atoms with E-state index in [1.165, 1.54) is 167 Å². The third-order valence-corrected chi connectivity index (χ3v) is 8.81. The zero-order valence-electron chi connectivity index (χ0n) is 29.3. The lowest BCUT2D eigenvalue weighted by atomic mass is 10.0. The molecule has 6 nitrogen and oxygen atoms in total. The van der Waals surface area contributed by atoms with Gasteiger partial charge in [0.15, 0.2) is 0 Å². The highest BCUT2D eigenvalue weighted by Gasteiger charge is 2.21. The summed E-state index contributed by atoms with van der Waals surface area (Å²) in [5.41, 5.74) is 0. The van der Waals surface area contributed by atoms with E-state index in [0.717, 1.165) is 13.1 Å². The van der Waals surface area contributed by atoms with Crippen molar-refractivity contribution in [1.82, 2.24) is 9.80 Å². The lowest BCUT2D eigenvalue weighted by Crippen LogP contribution is -2.49. The van der Waals surface area contributed by atoms with Crippen molar-refractivity contribution in [2.45, 2.75) is 181 Å². The third kappa shape index (κ3) is 28.5. The van der Waals surface area contributed by atoms with Crippen LogP contribution in [0.2, 0.25) is 0 Å². The van der Waals surface area contributed by atoms with Gasteiger partial charge in [0.05, 0.1) is 33.6 Å². The predicted molar refractivity (Wildman–Crippen MR) is 181 cm³/mol. The van der Waals surface area contributed by atoms with Gasteiger partial charge >= 0.3 is 0 Å². The van der Waals surface area contributed by atoms with Crippen LogP contribution in [0.4, 0.5) is 0 Å². The number of unbranched alkanes of at least 4 members (excludes halogenated alkanes) is 22. The fraction of sp³-hybridized carbons (Fsp3) is 1.00. The Morgan fingerprint density at radius 1 is 0.381 bits per heavy atom. The minimum atomic E-state index is 0.339. The summed E-state index contributed by atoms with van der Waals surface area (Å²) in [7, 11) is 3.16. The van der Waals surface area contributed by atoms with Crippen molar-refractivity contribution in [3.8, 4) is 0 Å². The maximum atomic E-state index is 5.22. The number of hydrogen-bond donors (Lipinski definition) is 0. The van der Waals surface area contributed by atoms with Crippen LogP contribution >= 0.6 is 0 Å². The van der Waals surface area contributed by atoms with Crippen molar-refractivity contribution in [1.29, 1.82) is 0 Å². The van der Waals surface area contributed by atoms with Crippen molar-refractivity contribution >= 4 is 0 Å². The molecule has 6 heteroatoms. The first kappa shape index (κ1) is 41.8. The van der Waals surface area contributed by atoms with Crippen molar-refractivity contribution in [3.05, 3.63) is 0 Å². The molecule has 0 aliphatic rings. The Bertz CT molecular complexity index is 459. The second-order valence-corrected chi connectivity index (χ2v) is 12.5. The maximum absolute atomic E-state index is 5.22. The molecule has 1 atom stereocenters. The lowest BCUT2D eigenvalue weighted by Gasteiger charge is -2.37. The van der Waals surface area contributed by atoms with Gasteiger partial charge in [-0.1, -0.05) is 155 Å². The summed E-state index contributed by atoms with van der Waals surface area (Å²) in [4.78, 5) is 25.3. The van der Waals surface area contributed by atoms with Crippen LogP contribution in [0.5, 0.6) is 0 Å². The summed E-state index contributed by atoms with van der Waals surface area (Å²) < 4.78 is 0. The molecule has 0 aliphatic carbocycles. The highest BCUT2D eigenvalue weighted by Crippen LogP contribution is 2.16. The molecular formula is C36H76N2O4. The number of nitrogens with zero attached hydrogens (tertiary/aromatic N) is 2. The molecule has 1 unspecified atom stereocenters. The topological polar surface area (TPSA) is 43.4 Å². The molecular weight excluding hydrogens is 524 g/mol. The SMILES string of the molecule is CCCCCCCCCCCCCCN(CCCCCCCCCCCCCC)C(C)N(CCOOC)CCOOC. The van der Waals surface area contributed by atoms with Crippen molar-refractivity contribution < 1.29 is 19.6 Å². The van der Waals surface area contributed by atoms with Crippen LogP contribution in [0.1, 0.15) is 175 Å². The van der Waals surface area contributed by atoms with Gasteiger partial charge in [0, 0.05) is 13.1 Å². The van der Waals surface area contributed by atoms with E-state index in [4.69, 9.17) is 19.6 Å². The van der Waals surface area contributed by atoms with E-state index in [9.17, 15) is 0 Å². The molecule has 0 aromatic carbocycles. The Kier molecular flexibility index (Phi) is 35.0. The summed E-state index contributed by atoms with van der Waals surface area (Å²) in [6, 6.07) is 0. The molecule has 0 aliphatic heterocycles. The van der Waals surface area contributed by atoms with Gasteiger partial charge < -0.3 is 0 Å². The van der Waals surface area contributed by atoms with Crippen molar-refractivity contribution in [2.75, 3.05) is 53.6 Å². The molecule has 0 N–H and O–H groups in total. The molecule has 42 heavy (non-hydrogen) atoms. The van der Waals surface area contributed by atoms with Crippen LogP contribution < -0.4 is 0 Å². The molecule has 0 aromatic heterocycles. The van der Waals surface area contributed by atoms with Crippen LogP contribution in [0.25, 0.3) is 0 Å². The maximum Gasteiger partial charge on any atom is 0.0949 e. The van der Waals surface area contributed by atoms with Gasteiger partial charge in [0.25, 0.3) is 0 Å². The van der Waals surface area contributed by atoms with Gasteiger partial charge in [0.1, 0.15) is 0 Å². The van der Waals surface area contributed by atoms with E-state index in [1.54, 1.807) is 14.2 Å². The first-order valence-electron chi connectivity index (χ1n) is 18.5. The molecule has 0 bridgehead atoms. The number of rotatable bonds is 36. The highest BCUT2D eigenvalue weighted by molar-refractivity contribution is 4.71. The average Bonchev–Trinajstić information content (AvgIpc) is 3.00. The first-order chi connectivity index (χ1) is 20.7. The average molecular weight is 601 g/mol. The van der Waals surface area contributed by atoms with E-state index < -0.39 is 0 Å². The fourth-order valence-corrected chi connectivity index (χ4v) is 5.99. The quantitative estimate of drug-likeness (QED) is 0.0308. The fourth-order valence-electron chi connectivity index (χ4n) is 5.99. The zero-order chi connectivity index (χ0) is 30.8. The lowest BCUT2D eigenvalue weighted by molar-refractivity contribution is -0.282. The van der Waals surface area contributed by atoms with Crippen LogP contribution in [-0.2, 0) is 19.6 Å². The van der Waals surface area contributed by atoms with Gasteiger partial charge in [-0.05, 0) is 32.9 Å². The standard InChI is InChI=1S/C36H76N2O4/c1-6-8-10-12-14-16-18-20-22-24-26-28-30-37(36(3)38(32-34-41-39-4)33-35-42-40-5)31-29-27-25-23-21-19-17-15-13-11-9-7-2/h36H,6-35H2,1-5H3. The predicted octanol–water partition coefficient (Wildman–Crippen LogP) is 10.5. The monoisotopic (exact) mass is 601 g/mol. The Balaban J connectivity index is 4.42. The van der Waals surface area contributed by atoms with Gasteiger partial charge in [0.2, 0.25) is 0 Å².